The fourth-order valence-electron chi connectivity index (χ4n) is 2.28. The SMILES string of the molecule is CC1(C)CN(c2c(F)cc(C(N)=NO)cc2F)CCO1. The number of halogens is 2. The molecule has 2 rings (SSSR count). The molecule has 1 saturated heterocycles. The van der Waals surface area contributed by atoms with E-state index in [2.05, 4.69) is 5.16 Å². The van der Waals surface area contributed by atoms with Crippen LogP contribution in [0.4, 0.5) is 14.5 Å². The number of nitrogens with two attached hydrogens (primary N) is 1. The van der Waals surface area contributed by atoms with E-state index in [1.165, 1.54) is 0 Å². The van der Waals surface area contributed by atoms with Crippen LogP contribution in [0.1, 0.15) is 19.4 Å². The van der Waals surface area contributed by atoms with Crippen LogP contribution in [0.2, 0.25) is 0 Å². The highest BCUT2D eigenvalue weighted by atomic mass is 19.1. The van der Waals surface area contributed by atoms with E-state index in [1.54, 1.807) is 4.90 Å². The molecule has 0 amide bonds. The van der Waals surface area contributed by atoms with Crippen LogP contribution < -0.4 is 10.6 Å². The molecule has 3 N–H and O–H groups in total. The van der Waals surface area contributed by atoms with Gasteiger partial charge in [-0.1, -0.05) is 5.16 Å². The summed E-state index contributed by atoms with van der Waals surface area (Å²) in [5.74, 6) is -1.83. The maximum Gasteiger partial charge on any atom is 0.170 e. The van der Waals surface area contributed by atoms with Crippen molar-refractivity contribution < 1.29 is 18.7 Å². The Morgan fingerprint density at radius 1 is 1.40 bits per heavy atom. The zero-order valence-corrected chi connectivity index (χ0v) is 11.4. The van der Waals surface area contributed by atoms with E-state index in [4.69, 9.17) is 15.7 Å². The normalized spacial score (nSPS) is 19.2. The molecule has 1 fully saturated rings. The summed E-state index contributed by atoms with van der Waals surface area (Å²) in [5.41, 5.74) is 4.75. The van der Waals surface area contributed by atoms with Gasteiger partial charge >= 0.3 is 0 Å². The van der Waals surface area contributed by atoms with Crippen LogP contribution >= 0.6 is 0 Å². The Morgan fingerprint density at radius 3 is 2.50 bits per heavy atom. The second-order valence-electron chi connectivity index (χ2n) is 5.30. The van der Waals surface area contributed by atoms with E-state index in [1.807, 2.05) is 13.8 Å². The minimum absolute atomic E-state index is 0.00114. The van der Waals surface area contributed by atoms with E-state index in [0.717, 1.165) is 12.1 Å². The summed E-state index contributed by atoms with van der Waals surface area (Å²) >= 11 is 0. The predicted molar refractivity (Wildman–Crippen MR) is 71.1 cm³/mol. The molecule has 1 aromatic carbocycles. The molecule has 0 spiro atoms. The predicted octanol–water partition coefficient (Wildman–Crippen LogP) is 1.67. The monoisotopic (exact) mass is 285 g/mol. The molecule has 0 aromatic heterocycles. The van der Waals surface area contributed by atoms with Crippen molar-refractivity contribution in [3.63, 3.8) is 0 Å². The van der Waals surface area contributed by atoms with E-state index in [0.29, 0.717) is 19.7 Å². The summed E-state index contributed by atoms with van der Waals surface area (Å²) in [6, 6.07) is 2.10. The van der Waals surface area contributed by atoms with Gasteiger partial charge in [0.1, 0.15) is 17.3 Å². The van der Waals surface area contributed by atoms with E-state index in [-0.39, 0.29) is 17.1 Å². The van der Waals surface area contributed by atoms with Crippen molar-refractivity contribution in [1.82, 2.24) is 0 Å². The summed E-state index contributed by atoms with van der Waals surface area (Å²) < 4.78 is 33.8. The molecular weight excluding hydrogens is 268 g/mol. The standard InChI is InChI=1S/C13H17F2N3O2/c1-13(2)7-18(3-4-20-13)11-9(14)5-8(6-10(11)15)12(16)17-19/h5-6,19H,3-4,7H2,1-2H3,(H2,16,17). The van der Waals surface area contributed by atoms with Gasteiger partial charge in [-0.3, -0.25) is 0 Å². The van der Waals surface area contributed by atoms with Crippen molar-refractivity contribution in [2.24, 2.45) is 10.9 Å². The van der Waals surface area contributed by atoms with Gasteiger partial charge in [-0.15, -0.1) is 0 Å². The van der Waals surface area contributed by atoms with Crippen LogP contribution in [-0.2, 0) is 4.74 Å². The molecule has 20 heavy (non-hydrogen) atoms. The largest absolute Gasteiger partial charge is 0.409 e. The van der Waals surface area contributed by atoms with Crippen LogP contribution in [0.25, 0.3) is 0 Å². The van der Waals surface area contributed by atoms with Crippen molar-refractivity contribution in [2.75, 3.05) is 24.6 Å². The lowest BCUT2D eigenvalue weighted by atomic mass is 10.1. The lowest BCUT2D eigenvalue weighted by molar-refractivity contribution is -0.0280. The molecule has 0 atom stereocenters. The van der Waals surface area contributed by atoms with E-state index in [9.17, 15) is 8.78 Å². The molecule has 0 aliphatic carbocycles. The second-order valence-corrected chi connectivity index (χ2v) is 5.30. The molecule has 0 saturated carbocycles. The first kappa shape index (κ1) is 14.5. The molecule has 1 aliphatic rings. The first-order valence-electron chi connectivity index (χ1n) is 6.20. The fourth-order valence-corrected chi connectivity index (χ4v) is 2.28. The third-order valence-electron chi connectivity index (χ3n) is 3.16. The number of oxime groups is 1. The molecule has 5 nitrogen and oxygen atoms in total. The van der Waals surface area contributed by atoms with E-state index >= 15 is 0 Å². The van der Waals surface area contributed by atoms with Gasteiger partial charge in [0.05, 0.1) is 12.2 Å². The second kappa shape index (κ2) is 5.24. The Hall–Kier alpha value is -1.89. The number of benzene rings is 1. The average Bonchev–Trinajstić information content (AvgIpc) is 2.35. The van der Waals surface area contributed by atoms with Gasteiger partial charge in [0, 0.05) is 18.7 Å². The highest BCUT2D eigenvalue weighted by molar-refractivity contribution is 5.97. The quantitative estimate of drug-likeness (QED) is 0.375. The lowest BCUT2D eigenvalue weighted by Crippen LogP contribution is -2.49. The Balaban J connectivity index is 2.38. The van der Waals surface area contributed by atoms with Crippen LogP contribution in [0, 0.1) is 11.6 Å². The first-order chi connectivity index (χ1) is 9.34. The Kier molecular flexibility index (Phi) is 3.80. The van der Waals surface area contributed by atoms with Gasteiger partial charge in [-0.05, 0) is 26.0 Å². The summed E-state index contributed by atoms with van der Waals surface area (Å²) in [5, 5.41) is 11.3. The van der Waals surface area contributed by atoms with Crippen molar-refractivity contribution in [3.8, 4) is 0 Å². The van der Waals surface area contributed by atoms with Crippen LogP contribution in [0.5, 0.6) is 0 Å². The van der Waals surface area contributed by atoms with Crippen molar-refractivity contribution in [2.45, 2.75) is 19.4 Å². The van der Waals surface area contributed by atoms with Gasteiger partial charge in [-0.25, -0.2) is 8.78 Å². The smallest absolute Gasteiger partial charge is 0.170 e. The molecular formula is C13H17F2N3O2. The van der Waals surface area contributed by atoms with Gasteiger partial charge in [-0.2, -0.15) is 0 Å². The third-order valence-corrected chi connectivity index (χ3v) is 3.16. The summed E-state index contributed by atoms with van der Waals surface area (Å²) in [6.07, 6.45) is 0. The highest BCUT2D eigenvalue weighted by Crippen LogP contribution is 2.29. The molecule has 0 bridgehead atoms. The number of hydrogen-bond acceptors (Lipinski definition) is 4. The number of amidine groups is 1. The van der Waals surface area contributed by atoms with Gasteiger partial charge < -0.3 is 20.6 Å². The van der Waals surface area contributed by atoms with Crippen LogP contribution in [-0.4, -0.2) is 36.3 Å². The van der Waals surface area contributed by atoms with Gasteiger partial charge in [0.2, 0.25) is 0 Å². The van der Waals surface area contributed by atoms with Gasteiger partial charge in [0.25, 0.3) is 0 Å². The maximum absolute atomic E-state index is 14.1. The third kappa shape index (κ3) is 2.82. The topological polar surface area (TPSA) is 71.1 Å². The first-order valence-corrected chi connectivity index (χ1v) is 6.20. The molecule has 7 heteroatoms. The van der Waals surface area contributed by atoms with Crippen LogP contribution in [0.3, 0.4) is 0 Å². The van der Waals surface area contributed by atoms with Gasteiger partial charge in [0.15, 0.2) is 5.84 Å². The number of rotatable bonds is 2. The van der Waals surface area contributed by atoms with Crippen molar-refractivity contribution in [1.29, 1.82) is 0 Å². The number of hydrogen-bond donors (Lipinski definition) is 2. The minimum atomic E-state index is -0.746. The molecule has 0 radical (unpaired) electrons. The molecule has 1 heterocycles. The number of anilines is 1. The minimum Gasteiger partial charge on any atom is -0.409 e. The zero-order chi connectivity index (χ0) is 14.9. The Bertz CT molecular complexity index is 523. The number of ether oxygens (including phenoxy) is 1. The van der Waals surface area contributed by atoms with Crippen LogP contribution in [0.15, 0.2) is 17.3 Å². The Labute approximate surface area is 115 Å². The maximum atomic E-state index is 14.1. The average molecular weight is 285 g/mol. The molecule has 110 valence electrons. The van der Waals surface area contributed by atoms with Crippen molar-refractivity contribution >= 4 is 11.5 Å². The fraction of sp³-hybridized carbons (Fsp3) is 0.462. The molecule has 1 aromatic rings. The lowest BCUT2D eigenvalue weighted by Gasteiger charge is -2.39. The van der Waals surface area contributed by atoms with Crippen molar-refractivity contribution in [3.05, 3.63) is 29.3 Å². The summed E-state index contributed by atoms with van der Waals surface area (Å²) in [4.78, 5) is 1.60. The Morgan fingerprint density at radius 2 is 2.00 bits per heavy atom. The highest BCUT2D eigenvalue weighted by Gasteiger charge is 2.30. The van der Waals surface area contributed by atoms with E-state index < -0.39 is 17.2 Å². The summed E-state index contributed by atoms with van der Waals surface area (Å²) in [7, 11) is 0. The zero-order valence-electron chi connectivity index (χ0n) is 11.4. The molecule has 1 aliphatic heterocycles. The number of nitrogens with zero attached hydrogens (tertiary/aromatic N) is 2. The summed E-state index contributed by atoms with van der Waals surface area (Å²) in [6.45, 7) is 4.90. The number of morpholine rings is 1. The molecule has 0 unspecified atom stereocenters.